The van der Waals surface area contributed by atoms with Gasteiger partial charge in [0.05, 0.1) is 23.7 Å². The van der Waals surface area contributed by atoms with Crippen molar-refractivity contribution in [2.24, 2.45) is 0 Å². The first-order valence-corrected chi connectivity index (χ1v) is 7.92. The Hall–Kier alpha value is -3.98. The van der Waals surface area contributed by atoms with Crippen molar-refractivity contribution in [2.75, 3.05) is 5.32 Å². The van der Waals surface area contributed by atoms with Crippen molar-refractivity contribution in [3.8, 4) is 28.7 Å². The van der Waals surface area contributed by atoms with Crippen molar-refractivity contribution in [1.82, 2.24) is 15.0 Å². The Morgan fingerprint density at radius 1 is 0.962 bits per heavy atom. The van der Waals surface area contributed by atoms with Crippen LogP contribution >= 0.6 is 0 Å². The number of aromatic nitrogens is 3. The highest BCUT2D eigenvalue weighted by atomic mass is 16.3. The van der Waals surface area contributed by atoms with Gasteiger partial charge in [-0.15, -0.1) is 0 Å². The van der Waals surface area contributed by atoms with Crippen molar-refractivity contribution in [2.45, 2.75) is 0 Å². The lowest BCUT2D eigenvalue weighted by Gasteiger charge is -2.09. The smallest absolute Gasteiger partial charge is 0.227 e. The zero-order valence-corrected chi connectivity index (χ0v) is 13.6. The van der Waals surface area contributed by atoms with Gasteiger partial charge in [-0.05, 0) is 12.1 Å². The van der Waals surface area contributed by atoms with Gasteiger partial charge in [0.15, 0.2) is 12.2 Å². The second-order valence-electron chi connectivity index (χ2n) is 5.51. The van der Waals surface area contributed by atoms with Crippen molar-refractivity contribution in [3.63, 3.8) is 0 Å². The molecule has 0 spiro atoms. The van der Waals surface area contributed by atoms with Crippen LogP contribution < -0.4 is 5.32 Å². The summed E-state index contributed by atoms with van der Waals surface area (Å²) in [6.45, 7) is 0. The van der Waals surface area contributed by atoms with Gasteiger partial charge in [-0.25, -0.2) is 15.0 Å². The van der Waals surface area contributed by atoms with E-state index in [-0.39, 0.29) is 0 Å². The molecule has 0 saturated carbocycles. The van der Waals surface area contributed by atoms with Crippen LogP contribution in [0.2, 0.25) is 0 Å². The molecule has 4 aromatic rings. The Kier molecular flexibility index (Phi) is 4.11. The zero-order valence-electron chi connectivity index (χ0n) is 13.6. The van der Waals surface area contributed by atoms with Crippen LogP contribution in [0, 0.1) is 11.3 Å². The Bertz CT molecular complexity index is 1070. The molecule has 2 heterocycles. The third-order valence-electron chi connectivity index (χ3n) is 3.79. The number of oxazole rings is 1. The van der Waals surface area contributed by atoms with Gasteiger partial charge in [-0.3, -0.25) is 0 Å². The van der Waals surface area contributed by atoms with Crippen molar-refractivity contribution in [1.29, 1.82) is 5.26 Å². The van der Waals surface area contributed by atoms with E-state index in [9.17, 15) is 5.26 Å². The fraction of sp³-hybridized carbons (Fsp3) is 0. The first-order chi connectivity index (χ1) is 12.8. The summed E-state index contributed by atoms with van der Waals surface area (Å²) in [5.41, 5.74) is 3.59. The number of nitriles is 1. The summed E-state index contributed by atoms with van der Waals surface area (Å²) >= 11 is 0. The summed E-state index contributed by atoms with van der Waals surface area (Å²) in [6.07, 6.45) is 4.58. The van der Waals surface area contributed by atoms with Gasteiger partial charge in [0, 0.05) is 16.8 Å². The van der Waals surface area contributed by atoms with Crippen LogP contribution in [-0.2, 0) is 0 Å². The minimum Gasteiger partial charge on any atom is -0.444 e. The molecule has 0 bridgehead atoms. The average molecular weight is 339 g/mol. The van der Waals surface area contributed by atoms with E-state index in [1.54, 1.807) is 6.20 Å². The van der Waals surface area contributed by atoms with Crippen LogP contribution in [0.1, 0.15) is 5.56 Å². The third kappa shape index (κ3) is 3.14. The predicted molar refractivity (Wildman–Crippen MR) is 97.4 cm³/mol. The molecular formula is C20H13N5O. The first-order valence-electron chi connectivity index (χ1n) is 7.92. The molecule has 0 aliphatic carbocycles. The van der Waals surface area contributed by atoms with Crippen LogP contribution in [-0.4, -0.2) is 15.0 Å². The molecule has 0 unspecified atom stereocenters. The number of anilines is 2. The van der Waals surface area contributed by atoms with Gasteiger partial charge in [0.2, 0.25) is 5.95 Å². The highest BCUT2D eigenvalue weighted by molar-refractivity contribution is 5.69. The van der Waals surface area contributed by atoms with Crippen LogP contribution in [0.15, 0.2) is 77.8 Å². The summed E-state index contributed by atoms with van der Waals surface area (Å²) in [5.74, 6) is 1.09. The molecule has 1 N–H and O–H groups in total. The summed E-state index contributed by atoms with van der Waals surface area (Å²) in [5, 5.41) is 12.5. The molecule has 6 heteroatoms. The van der Waals surface area contributed by atoms with Crippen molar-refractivity contribution in [3.05, 3.63) is 78.9 Å². The fourth-order valence-electron chi connectivity index (χ4n) is 2.58. The Labute approximate surface area is 149 Å². The van der Waals surface area contributed by atoms with Gasteiger partial charge in [0.1, 0.15) is 6.07 Å². The normalized spacial score (nSPS) is 10.3. The minimum absolute atomic E-state index is 0.414. The molecule has 0 saturated heterocycles. The molecule has 0 aliphatic rings. The maximum atomic E-state index is 9.34. The Morgan fingerprint density at radius 2 is 1.81 bits per heavy atom. The topological polar surface area (TPSA) is 87.6 Å². The number of rotatable bonds is 4. The fourth-order valence-corrected chi connectivity index (χ4v) is 2.58. The minimum atomic E-state index is 0.414. The Morgan fingerprint density at radius 3 is 2.58 bits per heavy atom. The Balaban J connectivity index is 1.67. The largest absolute Gasteiger partial charge is 0.444 e. The average Bonchev–Trinajstić information content (AvgIpc) is 3.24. The lowest BCUT2D eigenvalue weighted by atomic mass is 10.1. The summed E-state index contributed by atoms with van der Waals surface area (Å²) in [6, 6.07) is 19.4. The second kappa shape index (κ2) is 6.87. The standard InChI is InChI=1S/C20H13N5O/c21-10-16-11-23-20(25-19(16)14-5-2-1-3-6-14)24-17-8-4-7-15(9-17)18-12-22-13-26-18/h1-9,11-13H,(H,23,24,25). The number of nitrogens with zero attached hydrogens (tertiary/aromatic N) is 4. The van der Waals surface area contributed by atoms with E-state index in [1.165, 1.54) is 12.6 Å². The lowest BCUT2D eigenvalue weighted by molar-refractivity contribution is 0.572. The van der Waals surface area contributed by atoms with Crippen LogP contribution in [0.25, 0.3) is 22.6 Å². The molecule has 0 amide bonds. The molecule has 6 nitrogen and oxygen atoms in total. The highest BCUT2D eigenvalue weighted by Gasteiger charge is 2.10. The van der Waals surface area contributed by atoms with Crippen molar-refractivity contribution < 1.29 is 4.42 Å². The van der Waals surface area contributed by atoms with E-state index in [0.29, 0.717) is 23.0 Å². The molecular weight excluding hydrogens is 326 g/mol. The predicted octanol–water partition coefficient (Wildman–Crippen LogP) is 4.41. The molecule has 0 atom stereocenters. The third-order valence-corrected chi connectivity index (χ3v) is 3.79. The van der Waals surface area contributed by atoms with E-state index in [0.717, 1.165) is 16.8 Å². The van der Waals surface area contributed by atoms with Gasteiger partial charge in [-0.2, -0.15) is 5.26 Å². The van der Waals surface area contributed by atoms with Crippen LogP contribution in [0.3, 0.4) is 0 Å². The molecule has 124 valence electrons. The van der Waals surface area contributed by atoms with E-state index in [2.05, 4.69) is 26.3 Å². The number of hydrogen-bond acceptors (Lipinski definition) is 6. The first kappa shape index (κ1) is 15.5. The highest BCUT2D eigenvalue weighted by Crippen LogP contribution is 2.25. The maximum Gasteiger partial charge on any atom is 0.227 e. The monoisotopic (exact) mass is 339 g/mol. The quantitative estimate of drug-likeness (QED) is 0.592. The van der Waals surface area contributed by atoms with E-state index >= 15 is 0 Å². The van der Waals surface area contributed by atoms with Crippen LogP contribution in [0.5, 0.6) is 0 Å². The van der Waals surface area contributed by atoms with E-state index < -0.39 is 0 Å². The summed E-state index contributed by atoms with van der Waals surface area (Å²) in [7, 11) is 0. The molecule has 2 aromatic heterocycles. The van der Waals surface area contributed by atoms with Gasteiger partial charge in [0.25, 0.3) is 0 Å². The van der Waals surface area contributed by atoms with Crippen molar-refractivity contribution >= 4 is 11.6 Å². The number of hydrogen-bond donors (Lipinski definition) is 1. The van der Waals surface area contributed by atoms with Gasteiger partial charge >= 0.3 is 0 Å². The summed E-state index contributed by atoms with van der Waals surface area (Å²) in [4.78, 5) is 12.7. The SMILES string of the molecule is N#Cc1cnc(Nc2cccc(-c3cnco3)c2)nc1-c1ccccc1. The molecule has 0 fully saturated rings. The molecule has 0 aliphatic heterocycles. The van der Waals surface area contributed by atoms with Gasteiger partial charge < -0.3 is 9.73 Å². The van der Waals surface area contributed by atoms with E-state index in [1.807, 2.05) is 54.6 Å². The molecule has 4 rings (SSSR count). The summed E-state index contributed by atoms with van der Waals surface area (Å²) < 4.78 is 5.33. The maximum absolute atomic E-state index is 9.34. The number of benzene rings is 2. The molecule has 2 aromatic carbocycles. The second-order valence-corrected chi connectivity index (χ2v) is 5.51. The number of nitrogens with one attached hydrogen (secondary N) is 1. The van der Waals surface area contributed by atoms with Crippen LogP contribution in [0.4, 0.5) is 11.6 Å². The molecule has 26 heavy (non-hydrogen) atoms. The molecule has 0 radical (unpaired) electrons. The zero-order chi connectivity index (χ0) is 17.8. The van der Waals surface area contributed by atoms with E-state index in [4.69, 9.17) is 4.42 Å². The van der Waals surface area contributed by atoms with Gasteiger partial charge in [-0.1, -0.05) is 42.5 Å². The lowest BCUT2D eigenvalue weighted by Crippen LogP contribution is -2.00.